The number of fused-ring (bicyclic) bond motifs is 3. The molecule has 2 aromatic heterocycles. The fraction of sp³-hybridized carbons (Fsp3) is 0.235. The van der Waals surface area contributed by atoms with Gasteiger partial charge in [-0.05, 0) is 36.2 Å². The molecule has 4 heteroatoms. The summed E-state index contributed by atoms with van der Waals surface area (Å²) in [5.74, 6) is 0. The highest BCUT2D eigenvalue weighted by atomic mass is 35.5. The van der Waals surface area contributed by atoms with E-state index in [4.69, 9.17) is 0 Å². The topological polar surface area (TPSA) is 40.7 Å². The lowest BCUT2D eigenvalue weighted by atomic mass is 10.0. The van der Waals surface area contributed by atoms with Gasteiger partial charge in [0.05, 0.1) is 0 Å². The normalized spacial score (nSPS) is 13.8. The highest BCUT2D eigenvalue weighted by Crippen LogP contribution is 2.29. The van der Waals surface area contributed by atoms with Gasteiger partial charge in [0.15, 0.2) is 0 Å². The van der Waals surface area contributed by atoms with E-state index in [9.17, 15) is 0 Å². The van der Waals surface area contributed by atoms with Crippen LogP contribution in [0.15, 0.2) is 36.5 Å². The Balaban J connectivity index is 0.00000132. The highest BCUT2D eigenvalue weighted by molar-refractivity contribution is 5.89. The largest absolute Gasteiger partial charge is 0.358 e. The molecule has 3 heterocycles. The summed E-state index contributed by atoms with van der Waals surface area (Å²) in [6, 6.07) is 10.8. The van der Waals surface area contributed by atoms with Crippen molar-refractivity contribution in [3.8, 4) is 11.1 Å². The number of rotatable bonds is 1. The van der Waals surface area contributed by atoms with Crippen LogP contribution in [0.3, 0.4) is 0 Å². The molecule has 21 heavy (non-hydrogen) atoms. The van der Waals surface area contributed by atoms with E-state index < -0.39 is 0 Å². The summed E-state index contributed by atoms with van der Waals surface area (Å²) in [4.78, 5) is 7.94. The molecule has 0 aliphatic carbocycles. The van der Waals surface area contributed by atoms with Crippen molar-refractivity contribution in [3.63, 3.8) is 0 Å². The van der Waals surface area contributed by atoms with Crippen molar-refractivity contribution in [2.24, 2.45) is 0 Å². The molecule has 4 rings (SSSR count). The van der Waals surface area contributed by atoms with Gasteiger partial charge < -0.3 is 10.3 Å². The number of H-pyrrole nitrogens is 1. The van der Waals surface area contributed by atoms with Gasteiger partial charge in [-0.3, -0.25) is 4.98 Å². The first-order chi connectivity index (χ1) is 9.81. The summed E-state index contributed by atoms with van der Waals surface area (Å²) in [5.41, 5.74) is 7.51. The van der Waals surface area contributed by atoms with Crippen LogP contribution >= 0.6 is 12.4 Å². The SMILES string of the molecule is Cc1ccc(-c2ccc3[nH]c4c(c3c2)CNCC4)cn1.Cl. The van der Waals surface area contributed by atoms with Crippen LogP contribution in [0, 0.1) is 6.92 Å². The first-order valence-electron chi connectivity index (χ1n) is 7.08. The Kier molecular flexibility index (Phi) is 3.70. The summed E-state index contributed by atoms with van der Waals surface area (Å²) in [6.07, 6.45) is 3.04. The van der Waals surface area contributed by atoms with E-state index in [0.717, 1.165) is 25.2 Å². The molecule has 0 amide bonds. The maximum Gasteiger partial charge on any atom is 0.0459 e. The summed E-state index contributed by atoms with van der Waals surface area (Å²) in [6.45, 7) is 4.04. The monoisotopic (exact) mass is 299 g/mol. The minimum Gasteiger partial charge on any atom is -0.358 e. The Bertz CT molecular complexity index is 775. The first-order valence-corrected chi connectivity index (χ1v) is 7.08. The van der Waals surface area contributed by atoms with Gasteiger partial charge in [-0.2, -0.15) is 0 Å². The molecule has 2 N–H and O–H groups in total. The Hall–Kier alpha value is -1.84. The van der Waals surface area contributed by atoms with E-state index in [-0.39, 0.29) is 12.4 Å². The Morgan fingerprint density at radius 3 is 2.76 bits per heavy atom. The Labute approximate surface area is 130 Å². The summed E-state index contributed by atoms with van der Waals surface area (Å²) in [5, 5.41) is 4.79. The smallest absolute Gasteiger partial charge is 0.0459 e. The molecule has 0 spiro atoms. The van der Waals surface area contributed by atoms with Gasteiger partial charge in [0, 0.05) is 53.6 Å². The van der Waals surface area contributed by atoms with Crippen molar-refractivity contribution in [1.82, 2.24) is 15.3 Å². The predicted octanol–water partition coefficient (Wildman–Crippen LogP) is 3.61. The van der Waals surface area contributed by atoms with Crippen LogP contribution in [0.1, 0.15) is 17.0 Å². The van der Waals surface area contributed by atoms with Gasteiger partial charge in [0.2, 0.25) is 0 Å². The molecule has 0 saturated carbocycles. The molecular weight excluding hydrogens is 282 g/mol. The predicted molar refractivity (Wildman–Crippen MR) is 88.9 cm³/mol. The molecule has 3 nitrogen and oxygen atoms in total. The quantitative estimate of drug-likeness (QED) is 0.721. The third-order valence-electron chi connectivity index (χ3n) is 4.09. The van der Waals surface area contributed by atoms with Crippen LogP contribution < -0.4 is 5.32 Å². The van der Waals surface area contributed by atoms with Crippen molar-refractivity contribution < 1.29 is 0 Å². The zero-order valence-corrected chi connectivity index (χ0v) is 12.8. The third-order valence-corrected chi connectivity index (χ3v) is 4.09. The number of hydrogen-bond donors (Lipinski definition) is 2. The van der Waals surface area contributed by atoms with Gasteiger partial charge in [0.25, 0.3) is 0 Å². The molecule has 1 aliphatic rings. The van der Waals surface area contributed by atoms with Gasteiger partial charge in [0.1, 0.15) is 0 Å². The van der Waals surface area contributed by atoms with Gasteiger partial charge in [-0.15, -0.1) is 12.4 Å². The van der Waals surface area contributed by atoms with Crippen molar-refractivity contribution in [3.05, 3.63) is 53.5 Å². The lowest BCUT2D eigenvalue weighted by molar-refractivity contribution is 0.641. The minimum atomic E-state index is 0. The number of pyridine rings is 1. The van der Waals surface area contributed by atoms with E-state index in [1.807, 2.05) is 13.1 Å². The molecular formula is C17H18ClN3. The fourth-order valence-corrected chi connectivity index (χ4v) is 2.96. The molecule has 1 aromatic carbocycles. The van der Waals surface area contributed by atoms with Crippen LogP contribution in [-0.4, -0.2) is 16.5 Å². The molecule has 0 radical (unpaired) electrons. The molecule has 0 saturated heterocycles. The van der Waals surface area contributed by atoms with Gasteiger partial charge >= 0.3 is 0 Å². The van der Waals surface area contributed by atoms with Gasteiger partial charge in [-0.25, -0.2) is 0 Å². The number of aryl methyl sites for hydroxylation is 1. The van der Waals surface area contributed by atoms with Crippen LogP contribution in [-0.2, 0) is 13.0 Å². The number of aromatic amines is 1. The molecule has 3 aromatic rings. The average molecular weight is 300 g/mol. The Morgan fingerprint density at radius 2 is 1.95 bits per heavy atom. The highest BCUT2D eigenvalue weighted by Gasteiger charge is 2.15. The van der Waals surface area contributed by atoms with Crippen molar-refractivity contribution in [2.45, 2.75) is 19.9 Å². The van der Waals surface area contributed by atoms with Crippen LogP contribution in [0.2, 0.25) is 0 Å². The van der Waals surface area contributed by atoms with Crippen molar-refractivity contribution in [2.75, 3.05) is 6.54 Å². The van der Waals surface area contributed by atoms with Gasteiger partial charge in [-0.1, -0.05) is 12.1 Å². The molecule has 0 unspecified atom stereocenters. The standard InChI is InChI=1S/C17H17N3.ClH/c1-11-2-3-13(9-19-11)12-4-5-16-14(8-12)15-10-18-7-6-17(15)20-16;/h2-5,8-9,18,20H,6-7,10H2,1H3;1H. The lowest BCUT2D eigenvalue weighted by Crippen LogP contribution is -2.22. The summed E-state index contributed by atoms with van der Waals surface area (Å²) < 4.78 is 0. The number of benzene rings is 1. The van der Waals surface area contributed by atoms with E-state index in [1.165, 1.54) is 33.3 Å². The van der Waals surface area contributed by atoms with Crippen LogP contribution in [0.4, 0.5) is 0 Å². The second-order valence-corrected chi connectivity index (χ2v) is 5.46. The average Bonchev–Trinajstić information content (AvgIpc) is 2.86. The van der Waals surface area contributed by atoms with Crippen LogP contribution in [0.5, 0.6) is 0 Å². The number of aromatic nitrogens is 2. The van der Waals surface area contributed by atoms with E-state index in [1.54, 1.807) is 0 Å². The van der Waals surface area contributed by atoms with Crippen molar-refractivity contribution >= 4 is 23.3 Å². The maximum absolute atomic E-state index is 4.39. The minimum absolute atomic E-state index is 0. The second kappa shape index (κ2) is 5.51. The molecule has 108 valence electrons. The van der Waals surface area contributed by atoms with E-state index >= 15 is 0 Å². The zero-order chi connectivity index (χ0) is 13.5. The third kappa shape index (κ3) is 2.43. The molecule has 0 atom stereocenters. The number of nitrogens with zero attached hydrogens (tertiary/aromatic N) is 1. The zero-order valence-electron chi connectivity index (χ0n) is 11.9. The second-order valence-electron chi connectivity index (χ2n) is 5.46. The van der Waals surface area contributed by atoms with E-state index in [0.29, 0.717) is 0 Å². The first kappa shape index (κ1) is 14.1. The molecule has 0 fully saturated rings. The number of hydrogen-bond acceptors (Lipinski definition) is 2. The summed E-state index contributed by atoms with van der Waals surface area (Å²) >= 11 is 0. The Morgan fingerprint density at radius 1 is 1.10 bits per heavy atom. The fourth-order valence-electron chi connectivity index (χ4n) is 2.96. The van der Waals surface area contributed by atoms with E-state index in [2.05, 4.69) is 45.6 Å². The molecule has 1 aliphatic heterocycles. The summed E-state index contributed by atoms with van der Waals surface area (Å²) in [7, 11) is 0. The molecule has 0 bridgehead atoms. The number of nitrogens with one attached hydrogen (secondary N) is 2. The van der Waals surface area contributed by atoms with Crippen molar-refractivity contribution in [1.29, 1.82) is 0 Å². The van der Waals surface area contributed by atoms with Crippen LogP contribution in [0.25, 0.3) is 22.0 Å². The maximum atomic E-state index is 4.39. The lowest BCUT2D eigenvalue weighted by Gasteiger charge is -2.12. The number of halogens is 1.